The fourth-order valence-corrected chi connectivity index (χ4v) is 7.62. The van der Waals surface area contributed by atoms with Crippen molar-refractivity contribution >= 4 is 39.8 Å². The quantitative estimate of drug-likeness (QED) is 0.0167. The number of aliphatic hydroxyl groups excluding tert-OH is 3. The van der Waals surface area contributed by atoms with Gasteiger partial charge >= 0.3 is 77.9 Å². The van der Waals surface area contributed by atoms with Crippen LogP contribution >= 0.6 is 15.9 Å². The standard InChI is InChI=1S/C18H20F6O4.C15H17F3O4.C13H18O4.C9H5F3O3.C8H4BrF3O.C3H6/c1-4-12(9-10(2)25)27-14(26)11-5-7-13(8-6-11)28-18(24)15(3,19)16(20,21)17(18,22)23;1-3-11(19)8-9(2)21-15(20)10-4-6-12(7-5-10)22-14(18)13(16)17;1-3-11(14)8-9(2)17-13(16)10-4-6-12(15)7-5-10;10-7(11)8(12)15-6-3-1-5(2-4-6)9(13)14;9-5-1-3-6(4-2-5)13-8(12)7(10)11;1-2-3-1/h5-8,10,12,25H,4,9H2,1-3H3;4-7,9,11,19H,3,8H2,1-2H3;4-7,9,11,14-15H,3,8H2,1-2H3;1-4H,(H,13,14);1-4H;1-3H2. The summed E-state index contributed by atoms with van der Waals surface area (Å²) < 4.78 is 222. The molecule has 8 unspecified atom stereocenters. The van der Waals surface area contributed by atoms with E-state index in [2.05, 4.69) is 34.9 Å². The molecular weight excluding hydrogens is 1410 g/mol. The summed E-state index contributed by atoms with van der Waals surface area (Å²) in [7, 11) is 0. The number of carboxylic acid groups (broad SMARTS) is 1. The maximum absolute atomic E-state index is 14.3. The Morgan fingerprint density at radius 2 is 0.776 bits per heavy atom. The number of carbonyl (C=O) groups excluding carboxylic acids is 3. The maximum Gasteiger partial charge on any atom is 0.385 e. The van der Waals surface area contributed by atoms with Gasteiger partial charge in [0.25, 0.3) is 5.67 Å². The second-order valence-corrected chi connectivity index (χ2v) is 22.2. The number of hydrogen-bond donors (Lipinski definition) is 5. The van der Waals surface area contributed by atoms with Crippen LogP contribution in [0.1, 0.15) is 148 Å². The van der Waals surface area contributed by atoms with Crippen LogP contribution in [0.15, 0.2) is 162 Å². The predicted octanol–water partition coefficient (Wildman–Crippen LogP) is 18.2. The molecule has 0 heterocycles. The molecule has 542 valence electrons. The third-order valence-corrected chi connectivity index (χ3v) is 13.5. The maximum atomic E-state index is 14.3. The molecule has 2 aliphatic carbocycles. The lowest BCUT2D eigenvalue weighted by atomic mass is 9.69. The highest BCUT2D eigenvalue weighted by Gasteiger charge is 2.98. The Labute approximate surface area is 561 Å². The van der Waals surface area contributed by atoms with Crippen molar-refractivity contribution in [2.24, 2.45) is 0 Å². The van der Waals surface area contributed by atoms with E-state index in [0.29, 0.717) is 37.7 Å². The monoisotopic (exact) mass is 1480 g/mol. The number of phenolic OH excluding ortho intramolecular Hbond substituents is 1. The molecule has 8 atom stereocenters. The molecule has 0 aromatic heterocycles. The molecule has 32 heteroatoms. The lowest BCUT2D eigenvalue weighted by Crippen LogP contribution is -2.86. The minimum atomic E-state index is -5.38. The number of ether oxygens (including phenoxy) is 7. The summed E-state index contributed by atoms with van der Waals surface area (Å²) in [5.74, 6) is -19.2. The van der Waals surface area contributed by atoms with Crippen LogP contribution in [0.4, 0.5) is 65.9 Å². The number of phenols is 1. The van der Waals surface area contributed by atoms with Gasteiger partial charge in [-0.05, 0) is 168 Å². The van der Waals surface area contributed by atoms with Gasteiger partial charge in [0, 0.05) is 23.7 Å². The van der Waals surface area contributed by atoms with Crippen molar-refractivity contribution in [3.8, 4) is 28.7 Å². The lowest BCUT2D eigenvalue weighted by molar-refractivity contribution is -0.480. The molecule has 0 saturated heterocycles. The molecule has 2 fully saturated rings. The summed E-state index contributed by atoms with van der Waals surface area (Å²) in [5.41, 5.74) is -3.81. The molecule has 7 rings (SSSR count). The van der Waals surface area contributed by atoms with Crippen LogP contribution in [0.5, 0.6) is 28.7 Å². The molecule has 2 saturated carbocycles. The van der Waals surface area contributed by atoms with Crippen molar-refractivity contribution in [2.45, 2.75) is 166 Å². The van der Waals surface area contributed by atoms with Gasteiger partial charge in [-0.2, -0.15) is 61.5 Å². The first-order chi connectivity index (χ1) is 45.7. The summed E-state index contributed by atoms with van der Waals surface area (Å²) >= 11 is 3.13. The summed E-state index contributed by atoms with van der Waals surface area (Å²) in [4.78, 5) is 45.9. The number of carboxylic acids is 1. The van der Waals surface area contributed by atoms with Crippen LogP contribution in [-0.4, -0.2) is 109 Å². The van der Waals surface area contributed by atoms with Gasteiger partial charge < -0.3 is 58.7 Å². The number of alkyl halides is 6. The van der Waals surface area contributed by atoms with Crippen LogP contribution in [0, 0.1) is 0 Å². The lowest BCUT2D eigenvalue weighted by Gasteiger charge is -2.55. The second kappa shape index (κ2) is 40.4. The van der Waals surface area contributed by atoms with Crippen molar-refractivity contribution in [3.63, 3.8) is 0 Å². The number of esters is 3. The molecule has 0 bridgehead atoms. The van der Waals surface area contributed by atoms with Crippen LogP contribution in [0.3, 0.4) is 0 Å². The van der Waals surface area contributed by atoms with E-state index in [-0.39, 0.29) is 59.1 Å². The molecule has 5 aromatic carbocycles. The van der Waals surface area contributed by atoms with Gasteiger partial charge in [0.15, 0.2) is 0 Å². The zero-order valence-electron chi connectivity index (χ0n) is 53.1. The number of carbonyl (C=O) groups is 4. The van der Waals surface area contributed by atoms with E-state index in [9.17, 15) is 100 Å². The molecule has 5 N–H and O–H groups in total. The minimum absolute atomic E-state index is 0.0107. The highest BCUT2D eigenvalue weighted by Crippen LogP contribution is 2.68. The van der Waals surface area contributed by atoms with Crippen LogP contribution < -0.4 is 18.9 Å². The van der Waals surface area contributed by atoms with Crippen molar-refractivity contribution in [1.82, 2.24) is 0 Å². The molecule has 2 aliphatic rings. The number of benzene rings is 5. The fraction of sp³-hybridized carbons (Fsp3) is 0.394. The average molecular weight is 1480 g/mol. The first-order valence-corrected chi connectivity index (χ1v) is 30.2. The van der Waals surface area contributed by atoms with Crippen LogP contribution in [0.2, 0.25) is 0 Å². The number of halogens is 16. The summed E-state index contributed by atoms with van der Waals surface area (Å²) in [6, 6.07) is 18.9. The Bertz CT molecular complexity index is 3360. The van der Waals surface area contributed by atoms with Gasteiger partial charge in [0.05, 0.1) is 40.6 Å². The number of hydrogen-bond acceptors (Lipinski definition) is 15. The van der Waals surface area contributed by atoms with Crippen LogP contribution in [0.25, 0.3) is 0 Å². The molecule has 98 heavy (non-hydrogen) atoms. The first kappa shape index (κ1) is 85.6. The van der Waals surface area contributed by atoms with E-state index in [1.807, 2.05) is 13.8 Å². The average Bonchev–Trinajstić information content (AvgIpc) is 0.709. The van der Waals surface area contributed by atoms with E-state index < -0.39 is 120 Å². The van der Waals surface area contributed by atoms with Crippen molar-refractivity contribution in [3.05, 3.63) is 184 Å². The van der Waals surface area contributed by atoms with Gasteiger partial charge in [-0.25, -0.2) is 23.6 Å². The van der Waals surface area contributed by atoms with Crippen LogP contribution in [-0.2, 0) is 14.2 Å². The summed E-state index contributed by atoms with van der Waals surface area (Å²) in [6.45, 7) is 10.3. The van der Waals surface area contributed by atoms with Crippen molar-refractivity contribution in [1.29, 1.82) is 0 Å². The van der Waals surface area contributed by atoms with Gasteiger partial charge in [0.1, 0.15) is 47.1 Å². The predicted molar refractivity (Wildman–Crippen MR) is 327 cm³/mol. The summed E-state index contributed by atoms with van der Waals surface area (Å²) in [6.07, 6.45) is -3.60. The van der Waals surface area contributed by atoms with E-state index in [4.69, 9.17) is 24.4 Å². The minimum Gasteiger partial charge on any atom is -0.508 e. The highest BCUT2D eigenvalue weighted by molar-refractivity contribution is 9.10. The van der Waals surface area contributed by atoms with Gasteiger partial charge in [-0.15, -0.1) is 0 Å². The fourth-order valence-electron chi connectivity index (χ4n) is 7.36. The molecule has 0 aliphatic heterocycles. The van der Waals surface area contributed by atoms with Crippen molar-refractivity contribution < 1.29 is 144 Å². The highest BCUT2D eigenvalue weighted by atomic mass is 79.9. The van der Waals surface area contributed by atoms with E-state index in [1.54, 1.807) is 32.9 Å². The van der Waals surface area contributed by atoms with E-state index in [1.165, 1.54) is 86.8 Å². The third kappa shape index (κ3) is 27.8. The normalized spacial score (nSPS) is 17.4. The smallest absolute Gasteiger partial charge is 0.385 e. The van der Waals surface area contributed by atoms with Gasteiger partial charge in [-0.3, -0.25) is 0 Å². The molecule has 5 aromatic rings. The van der Waals surface area contributed by atoms with Gasteiger partial charge in [-0.1, -0.05) is 56.0 Å². The summed E-state index contributed by atoms with van der Waals surface area (Å²) in [5, 5.41) is 45.8. The Morgan fingerprint density at radius 3 is 1.07 bits per heavy atom. The molecule has 0 amide bonds. The molecular formula is C66H70BrF15O16. The third-order valence-electron chi connectivity index (χ3n) is 13.0. The molecule has 0 radical (unpaired) electrons. The van der Waals surface area contributed by atoms with Gasteiger partial charge in [0.2, 0.25) is 0 Å². The molecule has 16 nitrogen and oxygen atoms in total. The second-order valence-electron chi connectivity index (χ2n) is 21.2. The Balaban J connectivity index is 0.000000422. The Hall–Kier alpha value is -8.49. The Kier molecular flexibility index (Phi) is 35.3. The zero-order valence-corrected chi connectivity index (χ0v) is 54.7. The number of aromatic carboxylic acids is 1. The SMILES string of the molecule is C1CC1.CCC(CC(C)O)OC(=O)c1ccc(OC2(F)C(C)(F)C(F)(F)C2(F)F)cc1.CCC(O)CC(C)OC(=O)c1ccc(O)cc1.CCC(O)CC(C)OC(=O)c1ccc(OC(F)=C(F)F)cc1.FC(F)=C(F)Oc1ccc(Br)cc1.O=C(O)c1ccc(OC(F)=C(F)F)cc1. The first-order valence-electron chi connectivity index (χ1n) is 29.4. The Morgan fingerprint density at radius 1 is 0.459 bits per heavy atom. The number of rotatable bonds is 24. The van der Waals surface area contributed by atoms with Crippen molar-refractivity contribution in [2.75, 3.05) is 0 Å². The molecule has 0 spiro atoms. The number of aromatic hydroxyl groups is 1. The number of aliphatic hydroxyl groups is 3. The topological polar surface area (TPSA) is 234 Å². The largest absolute Gasteiger partial charge is 0.508 e. The van der Waals surface area contributed by atoms with E-state index in [0.717, 1.165) is 53.0 Å². The van der Waals surface area contributed by atoms with E-state index >= 15 is 0 Å². The zero-order chi connectivity index (χ0) is 74.5.